The predicted octanol–water partition coefficient (Wildman–Crippen LogP) is 3.45. The number of ketones is 1. The molecular formula is C21H26N6O. The zero-order chi connectivity index (χ0) is 20.1. The third-order valence-electron chi connectivity index (χ3n) is 4.42. The molecule has 0 fully saturated rings. The summed E-state index contributed by atoms with van der Waals surface area (Å²) in [6.45, 7) is 2.89. The molecule has 28 heavy (non-hydrogen) atoms. The van der Waals surface area contributed by atoms with Crippen molar-refractivity contribution >= 4 is 17.4 Å². The first-order chi connectivity index (χ1) is 13.4. The minimum atomic E-state index is 0.173. The summed E-state index contributed by atoms with van der Waals surface area (Å²) in [5.74, 6) is 0.684. The van der Waals surface area contributed by atoms with Crippen molar-refractivity contribution in [1.82, 2.24) is 24.6 Å². The molecule has 0 unspecified atom stereocenters. The Labute approximate surface area is 165 Å². The number of nitrogens with zero attached hydrogens (tertiary/aromatic N) is 5. The molecule has 1 N–H and O–H groups in total. The van der Waals surface area contributed by atoms with Crippen LogP contribution in [0, 0.1) is 6.92 Å². The lowest BCUT2D eigenvalue weighted by Gasteiger charge is -2.10. The molecule has 3 aromatic rings. The predicted molar refractivity (Wildman–Crippen MR) is 111 cm³/mol. The van der Waals surface area contributed by atoms with Crippen LogP contribution in [-0.4, -0.2) is 51.1 Å². The summed E-state index contributed by atoms with van der Waals surface area (Å²) in [6.07, 6.45) is 6.80. The van der Waals surface area contributed by atoms with E-state index in [0.717, 1.165) is 41.0 Å². The van der Waals surface area contributed by atoms with E-state index in [2.05, 4.69) is 25.3 Å². The van der Waals surface area contributed by atoms with Gasteiger partial charge in [0.2, 0.25) is 5.95 Å². The van der Waals surface area contributed by atoms with Crippen molar-refractivity contribution in [2.75, 3.05) is 26.0 Å². The lowest BCUT2D eigenvalue weighted by molar-refractivity contribution is 0.0977. The van der Waals surface area contributed by atoms with E-state index in [1.165, 1.54) is 0 Å². The Balaban J connectivity index is 1.74. The first-order valence-electron chi connectivity index (χ1n) is 9.30. The molecular weight excluding hydrogens is 352 g/mol. The van der Waals surface area contributed by atoms with Gasteiger partial charge in [0.1, 0.15) is 0 Å². The second kappa shape index (κ2) is 8.75. The Kier molecular flexibility index (Phi) is 6.16. The number of nitrogens with one attached hydrogen (secondary N) is 1. The lowest BCUT2D eigenvalue weighted by Crippen LogP contribution is -2.14. The fraction of sp³-hybridized carbons (Fsp3) is 0.333. The number of hydrogen-bond acceptors (Lipinski definition) is 6. The number of carbonyl (C=O) groups excluding carboxylic acids is 1. The van der Waals surface area contributed by atoms with Crippen LogP contribution in [0.2, 0.25) is 0 Å². The number of aryl methyl sites for hydroxylation is 2. The van der Waals surface area contributed by atoms with Crippen LogP contribution in [0.5, 0.6) is 0 Å². The van der Waals surface area contributed by atoms with Gasteiger partial charge in [-0.05, 0) is 39.5 Å². The summed E-state index contributed by atoms with van der Waals surface area (Å²) in [6, 6.07) is 7.65. The Morgan fingerprint density at radius 1 is 1.18 bits per heavy atom. The summed E-state index contributed by atoms with van der Waals surface area (Å²) >= 11 is 0. The maximum atomic E-state index is 12.3. The highest BCUT2D eigenvalue weighted by Crippen LogP contribution is 2.24. The average Bonchev–Trinajstić information content (AvgIpc) is 3.08. The Hall–Kier alpha value is -3.06. The molecule has 7 nitrogen and oxygen atoms in total. The van der Waals surface area contributed by atoms with E-state index in [9.17, 15) is 4.79 Å². The molecule has 2 heterocycles. The topological polar surface area (TPSA) is 75.9 Å². The number of carbonyl (C=O) groups is 1. The molecule has 0 spiro atoms. The van der Waals surface area contributed by atoms with Gasteiger partial charge in [0, 0.05) is 37.0 Å². The van der Waals surface area contributed by atoms with E-state index < -0.39 is 0 Å². The quantitative estimate of drug-likeness (QED) is 0.605. The Morgan fingerprint density at radius 2 is 1.93 bits per heavy atom. The van der Waals surface area contributed by atoms with E-state index in [4.69, 9.17) is 0 Å². The van der Waals surface area contributed by atoms with Gasteiger partial charge < -0.3 is 10.2 Å². The van der Waals surface area contributed by atoms with E-state index in [1.807, 2.05) is 58.5 Å². The molecule has 7 heteroatoms. The molecule has 0 bridgehead atoms. The largest absolute Gasteiger partial charge is 0.321 e. The number of aromatic nitrogens is 4. The molecule has 2 aromatic heterocycles. The van der Waals surface area contributed by atoms with Crippen LogP contribution in [0.15, 0.2) is 42.9 Å². The van der Waals surface area contributed by atoms with E-state index in [0.29, 0.717) is 12.4 Å². The molecule has 0 atom stereocenters. The summed E-state index contributed by atoms with van der Waals surface area (Å²) < 4.78 is 1.71. The van der Waals surface area contributed by atoms with Gasteiger partial charge in [-0.3, -0.25) is 9.48 Å². The highest BCUT2D eigenvalue weighted by Gasteiger charge is 2.10. The number of anilines is 2. The smallest absolute Gasteiger partial charge is 0.227 e. The molecule has 0 aliphatic carbocycles. The zero-order valence-electron chi connectivity index (χ0n) is 16.8. The number of hydrogen-bond donors (Lipinski definition) is 1. The van der Waals surface area contributed by atoms with Gasteiger partial charge in [-0.25, -0.2) is 9.97 Å². The maximum Gasteiger partial charge on any atom is 0.227 e. The third kappa shape index (κ3) is 5.01. The maximum absolute atomic E-state index is 12.3. The van der Waals surface area contributed by atoms with Crippen molar-refractivity contribution in [3.63, 3.8) is 0 Å². The van der Waals surface area contributed by atoms with Gasteiger partial charge in [-0.1, -0.05) is 24.3 Å². The molecule has 0 aliphatic rings. The van der Waals surface area contributed by atoms with E-state index in [-0.39, 0.29) is 5.78 Å². The van der Waals surface area contributed by atoms with Gasteiger partial charge in [0.15, 0.2) is 5.78 Å². The highest BCUT2D eigenvalue weighted by molar-refractivity contribution is 5.96. The fourth-order valence-corrected chi connectivity index (χ4v) is 2.92. The van der Waals surface area contributed by atoms with Crippen molar-refractivity contribution in [2.45, 2.75) is 19.8 Å². The third-order valence-corrected chi connectivity index (χ3v) is 4.42. The van der Waals surface area contributed by atoms with Crippen molar-refractivity contribution in [1.29, 1.82) is 0 Å². The van der Waals surface area contributed by atoms with Crippen molar-refractivity contribution < 1.29 is 4.79 Å². The summed E-state index contributed by atoms with van der Waals surface area (Å²) in [7, 11) is 5.89. The monoisotopic (exact) mass is 378 g/mol. The van der Waals surface area contributed by atoms with Crippen LogP contribution in [-0.2, 0) is 7.05 Å². The van der Waals surface area contributed by atoms with Crippen LogP contribution in [0.3, 0.4) is 0 Å². The van der Waals surface area contributed by atoms with E-state index in [1.54, 1.807) is 17.1 Å². The molecule has 1 aromatic carbocycles. The van der Waals surface area contributed by atoms with Crippen LogP contribution < -0.4 is 5.32 Å². The van der Waals surface area contributed by atoms with Gasteiger partial charge in [0.05, 0.1) is 17.6 Å². The first kappa shape index (κ1) is 19.7. The first-order valence-corrected chi connectivity index (χ1v) is 9.30. The standard InChI is InChI=1S/C21H26N6O/c1-15-12-22-21(24-18-13-23-27(4)14-18)25-20(15)17-9-7-16(8-10-17)19(28)6-5-11-26(2)3/h7-10,12-14H,5-6,11H2,1-4H3,(H,22,24,25). The normalized spacial score (nSPS) is 11.0. The van der Waals surface area contributed by atoms with Crippen LogP contribution in [0.25, 0.3) is 11.3 Å². The molecule has 0 saturated heterocycles. The molecule has 0 radical (unpaired) electrons. The second-order valence-electron chi connectivity index (χ2n) is 7.16. The Morgan fingerprint density at radius 3 is 2.57 bits per heavy atom. The van der Waals surface area contributed by atoms with Gasteiger partial charge >= 0.3 is 0 Å². The summed E-state index contributed by atoms with van der Waals surface area (Å²) in [5, 5.41) is 7.29. The minimum absolute atomic E-state index is 0.173. The van der Waals surface area contributed by atoms with Crippen LogP contribution in [0.4, 0.5) is 11.6 Å². The lowest BCUT2D eigenvalue weighted by atomic mass is 10.0. The van der Waals surface area contributed by atoms with Crippen molar-refractivity contribution in [3.8, 4) is 11.3 Å². The molecule has 3 rings (SSSR count). The molecule has 0 amide bonds. The minimum Gasteiger partial charge on any atom is -0.321 e. The van der Waals surface area contributed by atoms with Gasteiger partial charge in [-0.2, -0.15) is 5.10 Å². The highest BCUT2D eigenvalue weighted by atomic mass is 16.1. The van der Waals surface area contributed by atoms with Crippen molar-refractivity contribution in [2.24, 2.45) is 7.05 Å². The number of rotatable bonds is 8. The molecule has 0 saturated carbocycles. The number of benzene rings is 1. The van der Waals surface area contributed by atoms with Crippen molar-refractivity contribution in [3.05, 3.63) is 54.0 Å². The van der Waals surface area contributed by atoms with E-state index >= 15 is 0 Å². The summed E-state index contributed by atoms with van der Waals surface area (Å²) in [5.41, 5.74) is 4.34. The van der Waals surface area contributed by atoms with Gasteiger partial charge in [0.25, 0.3) is 0 Å². The van der Waals surface area contributed by atoms with Crippen LogP contribution in [0.1, 0.15) is 28.8 Å². The molecule has 146 valence electrons. The summed E-state index contributed by atoms with van der Waals surface area (Å²) in [4.78, 5) is 23.4. The van der Waals surface area contributed by atoms with Gasteiger partial charge in [-0.15, -0.1) is 0 Å². The average molecular weight is 378 g/mol. The fourth-order valence-electron chi connectivity index (χ4n) is 2.92. The van der Waals surface area contributed by atoms with Crippen LogP contribution >= 0.6 is 0 Å². The Bertz CT molecular complexity index is 946. The number of Topliss-reactive ketones (excluding diaryl/α,β-unsaturated/α-hetero) is 1. The molecule has 0 aliphatic heterocycles. The SMILES string of the molecule is Cc1cnc(Nc2cnn(C)c2)nc1-c1ccc(C(=O)CCCN(C)C)cc1. The second-order valence-corrected chi connectivity index (χ2v) is 7.16. The zero-order valence-corrected chi connectivity index (χ0v) is 16.8.